The van der Waals surface area contributed by atoms with E-state index in [-0.39, 0.29) is 16.8 Å². The number of hydrogen-bond donors (Lipinski definition) is 0. The van der Waals surface area contributed by atoms with Crippen LogP contribution in [0.5, 0.6) is 0 Å². The largest absolute Gasteiger partial charge is 0.279 e. The van der Waals surface area contributed by atoms with Gasteiger partial charge in [0, 0.05) is 18.2 Å². The Morgan fingerprint density at radius 3 is 2.46 bits per heavy atom. The van der Waals surface area contributed by atoms with Crippen molar-refractivity contribution in [1.29, 1.82) is 0 Å². The number of sulfonamides is 1. The van der Waals surface area contributed by atoms with Crippen molar-refractivity contribution in [2.75, 3.05) is 11.4 Å². The lowest BCUT2D eigenvalue weighted by molar-refractivity contribution is 0.0985. The van der Waals surface area contributed by atoms with Crippen LogP contribution in [0.1, 0.15) is 73.9 Å². The van der Waals surface area contributed by atoms with Gasteiger partial charge in [-0.05, 0) is 66.6 Å². The number of amides is 1. The molecule has 1 amide bonds. The van der Waals surface area contributed by atoms with Crippen molar-refractivity contribution in [3.8, 4) is 0 Å². The first-order valence-electron chi connectivity index (χ1n) is 13.7. The van der Waals surface area contributed by atoms with Crippen molar-refractivity contribution in [1.82, 2.24) is 9.29 Å². The lowest BCUT2D eigenvalue weighted by Crippen LogP contribution is -2.43. The van der Waals surface area contributed by atoms with Crippen LogP contribution in [0.25, 0.3) is 10.2 Å². The maximum Gasteiger partial charge on any atom is 0.260 e. The van der Waals surface area contributed by atoms with E-state index in [0.717, 1.165) is 47.0 Å². The van der Waals surface area contributed by atoms with Gasteiger partial charge >= 0.3 is 0 Å². The van der Waals surface area contributed by atoms with E-state index in [2.05, 4.69) is 19.9 Å². The van der Waals surface area contributed by atoms with Crippen molar-refractivity contribution >= 4 is 42.6 Å². The Morgan fingerprint density at radius 1 is 1.03 bits per heavy atom. The van der Waals surface area contributed by atoms with Gasteiger partial charge in [0.2, 0.25) is 10.0 Å². The number of benzene rings is 3. The average Bonchev–Trinajstić information content (AvgIpc) is 3.40. The van der Waals surface area contributed by atoms with Crippen LogP contribution in [-0.2, 0) is 16.6 Å². The van der Waals surface area contributed by atoms with E-state index in [9.17, 15) is 13.2 Å². The third kappa shape index (κ3) is 5.64. The van der Waals surface area contributed by atoms with Gasteiger partial charge in [-0.2, -0.15) is 4.31 Å². The summed E-state index contributed by atoms with van der Waals surface area (Å²) in [6.45, 7) is 7.23. The van der Waals surface area contributed by atoms with E-state index in [4.69, 9.17) is 4.98 Å². The molecule has 1 aromatic heterocycles. The molecule has 204 valence electrons. The number of fused-ring (bicyclic) bond motifs is 1. The highest BCUT2D eigenvalue weighted by molar-refractivity contribution is 7.89. The summed E-state index contributed by atoms with van der Waals surface area (Å²) in [4.78, 5) is 20.8. The standard InChI is InChI=1S/C31H35N3O3S2/c1-4-25-13-8-9-20-34(25)39(36,37)26-18-16-24(17-19-26)30(35)33(21-23-11-6-5-7-12-23)31-32-29-27(22(2)3)14-10-15-28(29)38-31/h5-7,10-12,14-19,22,25H,4,8-9,13,20-21H2,1-3H3. The number of carbonyl (C=O) groups excluding carboxylic acids is 1. The lowest BCUT2D eigenvalue weighted by atomic mass is 10.0. The van der Waals surface area contributed by atoms with E-state index < -0.39 is 10.0 Å². The fraction of sp³-hybridized carbons (Fsp3) is 0.355. The molecule has 0 saturated carbocycles. The van der Waals surface area contributed by atoms with Crippen LogP contribution in [0, 0.1) is 0 Å². The third-order valence-corrected chi connectivity index (χ3v) is 10.5. The number of carbonyl (C=O) groups is 1. The lowest BCUT2D eigenvalue weighted by Gasteiger charge is -2.34. The van der Waals surface area contributed by atoms with Crippen molar-refractivity contribution in [2.45, 2.75) is 69.9 Å². The van der Waals surface area contributed by atoms with Crippen LogP contribution in [0.4, 0.5) is 5.13 Å². The minimum absolute atomic E-state index is 0.0289. The van der Waals surface area contributed by atoms with Gasteiger partial charge in [0.15, 0.2) is 5.13 Å². The molecule has 0 spiro atoms. The maximum atomic E-state index is 13.9. The van der Waals surface area contributed by atoms with E-state index in [1.165, 1.54) is 11.3 Å². The third-order valence-electron chi connectivity index (χ3n) is 7.47. The Labute approximate surface area is 235 Å². The molecule has 0 radical (unpaired) electrons. The molecule has 1 saturated heterocycles. The van der Waals surface area contributed by atoms with Gasteiger partial charge in [-0.3, -0.25) is 9.69 Å². The molecule has 1 fully saturated rings. The Balaban J connectivity index is 1.49. The summed E-state index contributed by atoms with van der Waals surface area (Å²) in [5, 5.41) is 0.628. The van der Waals surface area contributed by atoms with Crippen molar-refractivity contribution in [2.24, 2.45) is 0 Å². The van der Waals surface area contributed by atoms with Gasteiger partial charge in [-0.25, -0.2) is 13.4 Å². The topological polar surface area (TPSA) is 70.6 Å². The number of para-hydroxylation sites is 1. The smallest absolute Gasteiger partial charge is 0.260 e. The summed E-state index contributed by atoms with van der Waals surface area (Å²) in [5.41, 5.74) is 3.49. The molecular formula is C31H35N3O3S2. The Morgan fingerprint density at radius 2 is 1.77 bits per heavy atom. The first kappa shape index (κ1) is 27.5. The van der Waals surface area contributed by atoms with Crippen LogP contribution in [0.3, 0.4) is 0 Å². The average molecular weight is 562 g/mol. The number of aromatic nitrogens is 1. The van der Waals surface area contributed by atoms with Gasteiger partial charge in [0.1, 0.15) is 0 Å². The van der Waals surface area contributed by atoms with Gasteiger partial charge < -0.3 is 0 Å². The minimum Gasteiger partial charge on any atom is -0.279 e. The first-order valence-corrected chi connectivity index (χ1v) is 15.9. The molecule has 4 aromatic rings. The molecular weight excluding hydrogens is 526 g/mol. The summed E-state index contributed by atoms with van der Waals surface area (Å²) in [7, 11) is -3.62. The Kier molecular flexibility index (Phi) is 8.16. The molecule has 39 heavy (non-hydrogen) atoms. The Hall–Kier alpha value is -3.07. The van der Waals surface area contributed by atoms with Crippen LogP contribution >= 0.6 is 11.3 Å². The normalized spacial score (nSPS) is 16.6. The first-order chi connectivity index (χ1) is 18.8. The molecule has 1 aliphatic heterocycles. The molecule has 1 atom stereocenters. The number of anilines is 1. The second-order valence-corrected chi connectivity index (χ2v) is 13.3. The van der Waals surface area contributed by atoms with E-state index in [0.29, 0.717) is 29.7 Å². The maximum absolute atomic E-state index is 13.9. The number of thiazole rings is 1. The molecule has 0 N–H and O–H groups in total. The van der Waals surface area contributed by atoms with E-state index in [1.807, 2.05) is 49.4 Å². The van der Waals surface area contributed by atoms with E-state index >= 15 is 0 Å². The molecule has 6 nitrogen and oxygen atoms in total. The minimum atomic E-state index is -3.62. The zero-order valence-electron chi connectivity index (χ0n) is 22.7. The van der Waals surface area contributed by atoms with Gasteiger partial charge in [-0.15, -0.1) is 0 Å². The number of nitrogens with zero attached hydrogens (tertiary/aromatic N) is 3. The summed E-state index contributed by atoms with van der Waals surface area (Å²) < 4.78 is 29.6. The second kappa shape index (κ2) is 11.6. The molecule has 0 aliphatic carbocycles. The van der Waals surface area contributed by atoms with Gasteiger partial charge in [-0.1, -0.05) is 81.0 Å². The molecule has 2 heterocycles. The van der Waals surface area contributed by atoms with Crippen molar-refractivity contribution in [3.63, 3.8) is 0 Å². The monoisotopic (exact) mass is 561 g/mol. The molecule has 3 aromatic carbocycles. The molecule has 0 bridgehead atoms. The summed E-state index contributed by atoms with van der Waals surface area (Å²) >= 11 is 1.50. The zero-order valence-corrected chi connectivity index (χ0v) is 24.3. The van der Waals surface area contributed by atoms with Crippen molar-refractivity contribution in [3.05, 3.63) is 89.5 Å². The second-order valence-electron chi connectivity index (χ2n) is 10.4. The molecule has 8 heteroatoms. The van der Waals surface area contributed by atoms with Gasteiger partial charge in [0.25, 0.3) is 5.91 Å². The fourth-order valence-electron chi connectivity index (χ4n) is 5.29. The fourth-order valence-corrected chi connectivity index (χ4v) is 8.06. The molecule has 1 aliphatic rings. The summed E-state index contributed by atoms with van der Waals surface area (Å²) in [5.74, 6) is 0.0981. The SMILES string of the molecule is CCC1CCCCN1S(=O)(=O)c1ccc(C(=O)N(Cc2ccccc2)c2nc3c(C(C)C)cccc3s2)cc1. The Bertz CT molecular complexity index is 1550. The quantitative estimate of drug-likeness (QED) is 0.228. The zero-order chi connectivity index (χ0) is 27.6. The highest BCUT2D eigenvalue weighted by Crippen LogP contribution is 2.35. The van der Waals surface area contributed by atoms with Crippen LogP contribution < -0.4 is 4.90 Å². The van der Waals surface area contributed by atoms with Crippen LogP contribution in [-0.4, -0.2) is 36.2 Å². The van der Waals surface area contributed by atoms with Gasteiger partial charge in [0.05, 0.1) is 21.7 Å². The number of hydrogen-bond acceptors (Lipinski definition) is 5. The van der Waals surface area contributed by atoms with Crippen LogP contribution in [0.15, 0.2) is 77.7 Å². The highest BCUT2D eigenvalue weighted by atomic mass is 32.2. The van der Waals surface area contributed by atoms with E-state index in [1.54, 1.807) is 33.5 Å². The predicted octanol–water partition coefficient (Wildman–Crippen LogP) is 7.22. The number of rotatable bonds is 8. The highest BCUT2D eigenvalue weighted by Gasteiger charge is 2.32. The predicted molar refractivity (Wildman–Crippen MR) is 159 cm³/mol. The number of piperidine rings is 1. The molecule has 1 unspecified atom stereocenters. The van der Waals surface area contributed by atoms with Crippen molar-refractivity contribution < 1.29 is 13.2 Å². The summed E-state index contributed by atoms with van der Waals surface area (Å²) in [6.07, 6.45) is 3.62. The van der Waals surface area contributed by atoms with Crippen LogP contribution in [0.2, 0.25) is 0 Å². The summed E-state index contributed by atoms with van der Waals surface area (Å²) in [6, 6.07) is 22.4. The molecule has 5 rings (SSSR count).